The first-order valence-corrected chi connectivity index (χ1v) is 7.52. The van der Waals surface area contributed by atoms with Crippen LogP contribution < -0.4 is 0 Å². The molecule has 0 heterocycles. The van der Waals surface area contributed by atoms with Crippen LogP contribution in [0, 0.1) is 5.92 Å². The van der Waals surface area contributed by atoms with Crippen LogP contribution in [0.25, 0.3) is 0 Å². The lowest BCUT2D eigenvalue weighted by Gasteiger charge is -2.13. The van der Waals surface area contributed by atoms with Gasteiger partial charge in [-0.2, -0.15) is 0 Å². The summed E-state index contributed by atoms with van der Waals surface area (Å²) in [6.07, 6.45) is 15.3. The second-order valence-corrected chi connectivity index (χ2v) is 5.10. The molecule has 0 saturated heterocycles. The fourth-order valence-corrected chi connectivity index (χ4v) is 2.19. The van der Waals surface area contributed by atoms with Gasteiger partial charge >= 0.3 is 0 Å². The Bertz CT molecular complexity index is 352. The van der Waals surface area contributed by atoms with Crippen LogP contribution in [0.3, 0.4) is 0 Å². The predicted molar refractivity (Wildman–Crippen MR) is 86.9 cm³/mol. The molecule has 0 nitrogen and oxygen atoms in total. The van der Waals surface area contributed by atoms with Crippen molar-refractivity contribution in [1.29, 1.82) is 0 Å². The molecule has 0 bridgehead atoms. The lowest BCUT2D eigenvalue weighted by atomic mass is 9.92. The zero-order valence-electron chi connectivity index (χ0n) is 11.9. The topological polar surface area (TPSA) is 0 Å². The molecule has 0 fully saturated rings. The van der Waals surface area contributed by atoms with Crippen molar-refractivity contribution in [2.24, 2.45) is 5.92 Å². The fraction of sp³-hybridized carbons (Fsp3) is 0.471. The van der Waals surface area contributed by atoms with E-state index in [1.54, 1.807) is 0 Å². The minimum absolute atomic E-state index is 0.462. The molecule has 1 heteroatoms. The molecular formula is C17H25Br. The van der Waals surface area contributed by atoms with Crippen molar-refractivity contribution in [1.82, 2.24) is 0 Å². The van der Waals surface area contributed by atoms with E-state index in [-0.39, 0.29) is 0 Å². The van der Waals surface area contributed by atoms with Crippen LogP contribution in [-0.2, 0) is 0 Å². The lowest BCUT2D eigenvalue weighted by molar-refractivity contribution is 0.599. The molecule has 0 saturated carbocycles. The Kier molecular flexibility index (Phi) is 10.8. The highest BCUT2D eigenvalue weighted by Gasteiger charge is 2.06. The van der Waals surface area contributed by atoms with Gasteiger partial charge in [-0.1, -0.05) is 44.4 Å². The van der Waals surface area contributed by atoms with Crippen LogP contribution in [0.5, 0.6) is 0 Å². The van der Waals surface area contributed by atoms with E-state index in [4.69, 9.17) is 0 Å². The molecule has 0 aliphatic rings. The molecule has 0 rings (SSSR count). The summed E-state index contributed by atoms with van der Waals surface area (Å²) in [6, 6.07) is 0. The van der Waals surface area contributed by atoms with Crippen LogP contribution in [0.15, 0.2) is 52.7 Å². The molecule has 0 aliphatic carbocycles. The highest BCUT2D eigenvalue weighted by atomic mass is 79.9. The van der Waals surface area contributed by atoms with Crippen molar-refractivity contribution in [2.45, 2.75) is 46.5 Å². The van der Waals surface area contributed by atoms with Gasteiger partial charge in [0.15, 0.2) is 0 Å². The number of rotatable bonds is 8. The summed E-state index contributed by atoms with van der Waals surface area (Å²) in [5.41, 5.74) is 4.43. The third-order valence-corrected chi connectivity index (χ3v) is 3.36. The fourth-order valence-electron chi connectivity index (χ4n) is 1.82. The van der Waals surface area contributed by atoms with Gasteiger partial charge in [0.05, 0.1) is 4.48 Å². The van der Waals surface area contributed by atoms with E-state index in [0.717, 1.165) is 4.48 Å². The number of allylic oxidation sites excluding steroid dienone is 6. The largest absolute Gasteiger partial charge is 0.110 e. The SMILES string of the molecule is C=CC(CCCCC)C(/C=C\C(Br)=C=CC)=C/C. The predicted octanol–water partition coefficient (Wildman–Crippen LogP) is 6.33. The van der Waals surface area contributed by atoms with E-state index in [9.17, 15) is 0 Å². The molecule has 0 aliphatic heterocycles. The molecule has 0 spiro atoms. The molecule has 0 amide bonds. The molecule has 1 unspecified atom stereocenters. The minimum Gasteiger partial charge on any atom is -0.110 e. The van der Waals surface area contributed by atoms with Crippen molar-refractivity contribution in [2.75, 3.05) is 0 Å². The number of hydrogen-bond acceptors (Lipinski definition) is 0. The molecule has 100 valence electrons. The summed E-state index contributed by atoms with van der Waals surface area (Å²) in [5.74, 6) is 0.462. The second kappa shape index (κ2) is 11.3. The lowest BCUT2D eigenvalue weighted by Crippen LogP contribution is -1.99. The van der Waals surface area contributed by atoms with Gasteiger partial charge in [-0.3, -0.25) is 0 Å². The van der Waals surface area contributed by atoms with Crippen LogP contribution in [-0.4, -0.2) is 0 Å². The standard InChI is InChI=1S/C17H25Br/c1-5-9-10-12-15(7-3)16(8-4)13-14-17(18)11-6-2/h6-8,13-15H,3,5,9-10,12H2,1-2,4H3/b14-13-,16-8+. The highest BCUT2D eigenvalue weighted by Crippen LogP contribution is 2.22. The highest BCUT2D eigenvalue weighted by molar-refractivity contribution is 9.11. The van der Waals surface area contributed by atoms with Crippen LogP contribution >= 0.6 is 15.9 Å². The Hall–Kier alpha value is -0.780. The normalized spacial score (nSPS) is 13.2. The summed E-state index contributed by atoms with van der Waals surface area (Å²) in [6.45, 7) is 10.2. The van der Waals surface area contributed by atoms with E-state index in [0.29, 0.717) is 5.92 Å². The monoisotopic (exact) mass is 308 g/mol. The van der Waals surface area contributed by atoms with E-state index in [1.807, 2.05) is 19.1 Å². The van der Waals surface area contributed by atoms with Gasteiger partial charge in [-0.05, 0) is 53.9 Å². The first kappa shape index (κ1) is 17.2. The third kappa shape index (κ3) is 7.53. The minimum atomic E-state index is 0.462. The smallest absolute Gasteiger partial charge is 0.0590 e. The Morgan fingerprint density at radius 2 is 2.00 bits per heavy atom. The average Bonchev–Trinajstić information content (AvgIpc) is 2.37. The summed E-state index contributed by atoms with van der Waals surface area (Å²) < 4.78 is 0.973. The maximum atomic E-state index is 3.96. The van der Waals surface area contributed by atoms with Gasteiger partial charge in [0.25, 0.3) is 0 Å². The quantitative estimate of drug-likeness (QED) is 0.213. The molecular weight excluding hydrogens is 284 g/mol. The summed E-state index contributed by atoms with van der Waals surface area (Å²) in [5, 5.41) is 0. The maximum Gasteiger partial charge on any atom is 0.0590 e. The Balaban J connectivity index is 4.64. The van der Waals surface area contributed by atoms with Crippen molar-refractivity contribution in [3.8, 4) is 0 Å². The second-order valence-electron chi connectivity index (χ2n) is 4.24. The van der Waals surface area contributed by atoms with Gasteiger partial charge in [0, 0.05) is 5.92 Å². The Morgan fingerprint density at radius 3 is 2.50 bits per heavy atom. The van der Waals surface area contributed by atoms with Crippen LogP contribution in [0.1, 0.15) is 46.5 Å². The summed E-state index contributed by atoms with van der Waals surface area (Å²) in [4.78, 5) is 0. The Morgan fingerprint density at radius 1 is 1.28 bits per heavy atom. The van der Waals surface area contributed by atoms with E-state index >= 15 is 0 Å². The molecule has 1 atom stereocenters. The first-order valence-electron chi connectivity index (χ1n) is 6.73. The zero-order chi connectivity index (χ0) is 13.8. The first-order chi connectivity index (χ1) is 8.69. The maximum absolute atomic E-state index is 3.96. The van der Waals surface area contributed by atoms with Gasteiger partial charge in [-0.25, -0.2) is 0 Å². The number of halogens is 1. The summed E-state index contributed by atoms with van der Waals surface area (Å²) in [7, 11) is 0. The Labute approximate surface area is 121 Å². The molecule has 18 heavy (non-hydrogen) atoms. The summed E-state index contributed by atoms with van der Waals surface area (Å²) >= 11 is 3.47. The van der Waals surface area contributed by atoms with Gasteiger partial charge in [0.1, 0.15) is 0 Å². The van der Waals surface area contributed by atoms with Gasteiger partial charge in [0.2, 0.25) is 0 Å². The third-order valence-electron chi connectivity index (χ3n) is 2.87. The van der Waals surface area contributed by atoms with Crippen LogP contribution in [0.4, 0.5) is 0 Å². The van der Waals surface area contributed by atoms with Gasteiger partial charge < -0.3 is 0 Å². The molecule has 0 aromatic carbocycles. The van der Waals surface area contributed by atoms with Crippen molar-refractivity contribution in [3.05, 3.63) is 52.7 Å². The van der Waals surface area contributed by atoms with Crippen LogP contribution in [0.2, 0.25) is 0 Å². The van der Waals surface area contributed by atoms with Crippen molar-refractivity contribution in [3.63, 3.8) is 0 Å². The van der Waals surface area contributed by atoms with Crippen molar-refractivity contribution < 1.29 is 0 Å². The zero-order valence-corrected chi connectivity index (χ0v) is 13.5. The number of hydrogen-bond donors (Lipinski definition) is 0. The van der Waals surface area contributed by atoms with Gasteiger partial charge in [-0.15, -0.1) is 12.3 Å². The van der Waals surface area contributed by atoms with E-state index < -0.39 is 0 Å². The van der Waals surface area contributed by atoms with Crippen molar-refractivity contribution >= 4 is 15.9 Å². The van der Waals surface area contributed by atoms with E-state index in [1.165, 1.54) is 31.3 Å². The molecule has 0 aromatic heterocycles. The van der Waals surface area contributed by atoms with E-state index in [2.05, 4.69) is 60.3 Å². The average molecular weight is 309 g/mol. The molecule has 0 radical (unpaired) electrons. The number of unbranched alkanes of at least 4 members (excludes halogenated alkanes) is 2. The molecule has 0 N–H and O–H groups in total. The molecule has 0 aromatic rings.